The summed E-state index contributed by atoms with van der Waals surface area (Å²) in [7, 11) is 0. The maximum atomic E-state index is 9.89. The van der Waals surface area contributed by atoms with Gasteiger partial charge in [-0.15, -0.1) is 5.10 Å². The zero-order valence-corrected chi connectivity index (χ0v) is 10.1. The summed E-state index contributed by atoms with van der Waals surface area (Å²) in [6.45, 7) is 3.13. The lowest BCUT2D eigenvalue weighted by Gasteiger charge is -2.35. The minimum Gasteiger partial charge on any atom is -0.408 e. The normalized spacial score (nSPS) is 19.6. The second-order valence-corrected chi connectivity index (χ2v) is 4.60. The average molecular weight is 241 g/mol. The Morgan fingerprint density at radius 3 is 2.65 bits per heavy atom. The summed E-state index contributed by atoms with van der Waals surface area (Å²) in [5, 5.41) is 26.9. The van der Waals surface area contributed by atoms with E-state index >= 15 is 0 Å². The molecule has 1 aromatic rings. The Bertz CT molecular complexity index is 359. The van der Waals surface area contributed by atoms with Crippen LogP contribution in [0.2, 0.25) is 0 Å². The predicted molar refractivity (Wildman–Crippen MR) is 61.8 cm³/mol. The molecule has 0 aliphatic carbocycles. The van der Waals surface area contributed by atoms with E-state index in [2.05, 4.69) is 17.1 Å². The highest BCUT2D eigenvalue weighted by molar-refractivity contribution is 5.25. The molecule has 1 aromatic heterocycles. The fourth-order valence-electron chi connectivity index (χ4n) is 1.96. The first-order valence-electron chi connectivity index (χ1n) is 6.07. The van der Waals surface area contributed by atoms with Crippen LogP contribution in [0.1, 0.15) is 32.1 Å². The monoisotopic (exact) mass is 241 g/mol. The Labute approximate surface area is 100 Å². The molecule has 96 valence electrons. The van der Waals surface area contributed by atoms with E-state index in [0.29, 0.717) is 37.8 Å². The SMILES string of the molecule is CCCc1nnc(N2CCC(O)(CO)CC2)o1. The highest BCUT2D eigenvalue weighted by Gasteiger charge is 2.33. The lowest BCUT2D eigenvalue weighted by Crippen LogP contribution is -2.46. The Hall–Kier alpha value is -1.14. The molecule has 2 rings (SSSR count). The van der Waals surface area contributed by atoms with Crippen LogP contribution in [0, 0.1) is 0 Å². The second-order valence-electron chi connectivity index (χ2n) is 4.60. The molecule has 6 heteroatoms. The number of aryl methyl sites for hydroxylation is 1. The highest BCUT2D eigenvalue weighted by atomic mass is 16.4. The number of aromatic nitrogens is 2. The van der Waals surface area contributed by atoms with Crippen molar-refractivity contribution >= 4 is 6.01 Å². The summed E-state index contributed by atoms with van der Waals surface area (Å²) in [5.74, 6) is 0.658. The number of aliphatic hydroxyl groups excluding tert-OH is 1. The zero-order valence-electron chi connectivity index (χ0n) is 10.1. The van der Waals surface area contributed by atoms with Crippen LogP contribution in [-0.4, -0.2) is 45.7 Å². The highest BCUT2D eigenvalue weighted by Crippen LogP contribution is 2.25. The number of nitrogens with zero attached hydrogens (tertiary/aromatic N) is 3. The van der Waals surface area contributed by atoms with Gasteiger partial charge >= 0.3 is 6.01 Å². The number of anilines is 1. The van der Waals surface area contributed by atoms with Crippen molar-refractivity contribution in [2.24, 2.45) is 0 Å². The number of aliphatic hydroxyl groups is 2. The molecule has 17 heavy (non-hydrogen) atoms. The van der Waals surface area contributed by atoms with Gasteiger partial charge in [-0.1, -0.05) is 12.0 Å². The van der Waals surface area contributed by atoms with Crippen LogP contribution in [0.25, 0.3) is 0 Å². The minimum absolute atomic E-state index is 0.189. The molecule has 0 radical (unpaired) electrons. The van der Waals surface area contributed by atoms with Gasteiger partial charge in [0.1, 0.15) is 0 Å². The molecule has 0 unspecified atom stereocenters. The first kappa shape index (κ1) is 12.3. The standard InChI is InChI=1S/C11H19N3O3/c1-2-3-9-12-13-10(17-9)14-6-4-11(16,8-15)5-7-14/h15-16H,2-8H2,1H3. The molecule has 2 heterocycles. The third-order valence-corrected chi connectivity index (χ3v) is 3.18. The molecule has 0 saturated carbocycles. The van der Waals surface area contributed by atoms with E-state index in [0.717, 1.165) is 12.8 Å². The largest absolute Gasteiger partial charge is 0.408 e. The molecule has 6 nitrogen and oxygen atoms in total. The average Bonchev–Trinajstić information content (AvgIpc) is 2.79. The molecule has 0 aromatic carbocycles. The smallest absolute Gasteiger partial charge is 0.318 e. The fraction of sp³-hybridized carbons (Fsp3) is 0.818. The van der Waals surface area contributed by atoms with Gasteiger partial charge in [-0.05, 0) is 19.3 Å². The number of hydrogen-bond donors (Lipinski definition) is 2. The van der Waals surface area contributed by atoms with Gasteiger partial charge in [-0.25, -0.2) is 0 Å². The van der Waals surface area contributed by atoms with E-state index in [1.165, 1.54) is 0 Å². The topological polar surface area (TPSA) is 82.6 Å². The van der Waals surface area contributed by atoms with Crippen molar-refractivity contribution in [3.05, 3.63) is 5.89 Å². The summed E-state index contributed by atoms with van der Waals surface area (Å²) < 4.78 is 5.52. The number of rotatable bonds is 4. The van der Waals surface area contributed by atoms with Crippen molar-refractivity contribution in [3.63, 3.8) is 0 Å². The molecule has 0 atom stereocenters. The van der Waals surface area contributed by atoms with Crippen molar-refractivity contribution in [1.29, 1.82) is 0 Å². The Morgan fingerprint density at radius 1 is 1.35 bits per heavy atom. The molecule has 1 saturated heterocycles. The van der Waals surface area contributed by atoms with Gasteiger partial charge in [0.2, 0.25) is 5.89 Å². The van der Waals surface area contributed by atoms with Gasteiger partial charge in [-0.2, -0.15) is 0 Å². The van der Waals surface area contributed by atoms with Crippen molar-refractivity contribution in [1.82, 2.24) is 10.2 Å². The van der Waals surface area contributed by atoms with Gasteiger partial charge in [0.25, 0.3) is 0 Å². The molecule has 1 fully saturated rings. The van der Waals surface area contributed by atoms with E-state index in [-0.39, 0.29) is 6.61 Å². The van der Waals surface area contributed by atoms with Crippen LogP contribution in [0.15, 0.2) is 4.42 Å². The Morgan fingerprint density at radius 2 is 2.06 bits per heavy atom. The van der Waals surface area contributed by atoms with Crippen LogP contribution in [-0.2, 0) is 6.42 Å². The molecule has 0 amide bonds. The molecular weight excluding hydrogens is 222 g/mol. The van der Waals surface area contributed by atoms with Gasteiger partial charge in [-0.3, -0.25) is 0 Å². The van der Waals surface area contributed by atoms with Crippen LogP contribution < -0.4 is 4.90 Å². The molecule has 1 aliphatic heterocycles. The maximum absolute atomic E-state index is 9.89. The quantitative estimate of drug-likeness (QED) is 0.791. The van der Waals surface area contributed by atoms with Crippen LogP contribution in [0.4, 0.5) is 6.01 Å². The second kappa shape index (κ2) is 5.01. The molecule has 1 aliphatic rings. The van der Waals surface area contributed by atoms with Crippen LogP contribution in [0.3, 0.4) is 0 Å². The van der Waals surface area contributed by atoms with Gasteiger partial charge < -0.3 is 19.5 Å². The van der Waals surface area contributed by atoms with E-state index in [4.69, 9.17) is 9.52 Å². The lowest BCUT2D eigenvalue weighted by molar-refractivity contribution is -0.0330. The maximum Gasteiger partial charge on any atom is 0.318 e. The summed E-state index contributed by atoms with van der Waals surface area (Å²) in [6, 6.07) is 0.522. The molecule has 0 spiro atoms. The molecule has 0 bridgehead atoms. The third-order valence-electron chi connectivity index (χ3n) is 3.18. The summed E-state index contributed by atoms with van der Waals surface area (Å²) in [4.78, 5) is 1.95. The summed E-state index contributed by atoms with van der Waals surface area (Å²) in [5.41, 5.74) is -0.942. The van der Waals surface area contributed by atoms with E-state index < -0.39 is 5.60 Å². The first-order valence-corrected chi connectivity index (χ1v) is 6.07. The van der Waals surface area contributed by atoms with Gasteiger partial charge in [0.15, 0.2) is 0 Å². The van der Waals surface area contributed by atoms with E-state index in [1.807, 2.05) is 4.90 Å². The van der Waals surface area contributed by atoms with Crippen LogP contribution in [0.5, 0.6) is 0 Å². The Balaban J connectivity index is 1.95. The van der Waals surface area contributed by atoms with Crippen molar-refractivity contribution in [3.8, 4) is 0 Å². The summed E-state index contributed by atoms with van der Waals surface area (Å²) in [6.07, 6.45) is 2.82. The van der Waals surface area contributed by atoms with E-state index in [1.54, 1.807) is 0 Å². The lowest BCUT2D eigenvalue weighted by atomic mass is 9.93. The fourth-order valence-corrected chi connectivity index (χ4v) is 1.96. The van der Waals surface area contributed by atoms with Gasteiger partial charge in [0, 0.05) is 19.5 Å². The van der Waals surface area contributed by atoms with Crippen molar-refractivity contribution in [2.75, 3.05) is 24.6 Å². The van der Waals surface area contributed by atoms with E-state index in [9.17, 15) is 5.11 Å². The van der Waals surface area contributed by atoms with Crippen LogP contribution >= 0.6 is 0 Å². The molecule has 2 N–H and O–H groups in total. The van der Waals surface area contributed by atoms with Gasteiger partial charge in [0.05, 0.1) is 12.2 Å². The summed E-state index contributed by atoms with van der Waals surface area (Å²) >= 11 is 0. The first-order chi connectivity index (χ1) is 8.17. The van der Waals surface area contributed by atoms with Crippen molar-refractivity contribution < 1.29 is 14.6 Å². The number of piperidine rings is 1. The number of hydrogen-bond acceptors (Lipinski definition) is 6. The minimum atomic E-state index is -0.942. The zero-order chi connectivity index (χ0) is 12.3. The third kappa shape index (κ3) is 2.76. The Kier molecular flexibility index (Phi) is 3.63. The molecular formula is C11H19N3O3. The van der Waals surface area contributed by atoms with Crippen molar-refractivity contribution in [2.45, 2.75) is 38.2 Å². The predicted octanol–water partition coefficient (Wildman–Crippen LogP) is 0.346.